The summed E-state index contributed by atoms with van der Waals surface area (Å²) in [5.41, 5.74) is 0. The van der Waals surface area contributed by atoms with Gasteiger partial charge in [0, 0.05) is 9.35 Å². The van der Waals surface area contributed by atoms with Gasteiger partial charge in [-0.25, -0.2) is 0 Å². The molecule has 0 bridgehead atoms. The van der Waals surface area contributed by atoms with Crippen molar-refractivity contribution in [2.75, 3.05) is 6.54 Å². The highest BCUT2D eigenvalue weighted by Crippen LogP contribution is 2.33. The van der Waals surface area contributed by atoms with Crippen molar-refractivity contribution in [1.29, 1.82) is 0 Å². The van der Waals surface area contributed by atoms with Crippen LogP contribution in [0.15, 0.2) is 32.5 Å². The second-order valence-electron chi connectivity index (χ2n) is 3.57. The van der Waals surface area contributed by atoms with E-state index in [1.54, 1.807) is 11.3 Å². The van der Waals surface area contributed by atoms with Gasteiger partial charge in [0.2, 0.25) is 0 Å². The molecule has 0 radical (unpaired) electrons. The highest BCUT2D eigenvalue weighted by molar-refractivity contribution is 9.10. The van der Waals surface area contributed by atoms with Crippen LogP contribution in [0.2, 0.25) is 0 Å². The predicted molar refractivity (Wildman–Crippen MR) is 71.0 cm³/mol. The maximum atomic E-state index is 5.70. The van der Waals surface area contributed by atoms with Gasteiger partial charge in [0.15, 0.2) is 0 Å². The summed E-state index contributed by atoms with van der Waals surface area (Å²) in [6.45, 7) is 4.98. The number of nitrogens with one attached hydrogen (secondary N) is 1. The monoisotopic (exact) mass is 299 g/mol. The largest absolute Gasteiger partial charge is 0.464 e. The third-order valence-corrected chi connectivity index (χ3v) is 4.30. The number of furan rings is 1. The van der Waals surface area contributed by atoms with Crippen LogP contribution in [0, 0.1) is 6.92 Å². The third-order valence-electron chi connectivity index (χ3n) is 2.36. The molecule has 0 saturated heterocycles. The number of hydrogen-bond donors (Lipinski definition) is 1. The van der Waals surface area contributed by atoms with Crippen LogP contribution in [-0.4, -0.2) is 6.54 Å². The maximum absolute atomic E-state index is 5.70. The van der Waals surface area contributed by atoms with Gasteiger partial charge in [-0.05, 0) is 53.0 Å². The number of aryl methyl sites for hydroxylation is 1. The summed E-state index contributed by atoms with van der Waals surface area (Å²) >= 11 is 5.30. The molecule has 0 saturated carbocycles. The van der Waals surface area contributed by atoms with E-state index >= 15 is 0 Å². The van der Waals surface area contributed by atoms with Gasteiger partial charge in [0.1, 0.15) is 17.6 Å². The first-order valence-electron chi connectivity index (χ1n) is 5.25. The average molecular weight is 300 g/mol. The first-order valence-corrected chi connectivity index (χ1v) is 6.92. The smallest absolute Gasteiger partial charge is 0.126 e. The molecule has 2 heterocycles. The second kappa shape index (κ2) is 5.17. The van der Waals surface area contributed by atoms with E-state index in [2.05, 4.69) is 39.6 Å². The molecule has 0 amide bonds. The number of thiophene rings is 1. The Morgan fingerprint density at radius 3 is 2.75 bits per heavy atom. The Balaban J connectivity index is 2.34. The van der Waals surface area contributed by atoms with Crippen LogP contribution in [0.3, 0.4) is 0 Å². The topological polar surface area (TPSA) is 25.2 Å². The molecule has 2 aromatic rings. The predicted octanol–water partition coefficient (Wildman–Crippen LogP) is 4.11. The fourth-order valence-corrected chi connectivity index (χ4v) is 3.33. The van der Waals surface area contributed by atoms with Crippen molar-refractivity contribution in [1.82, 2.24) is 5.32 Å². The molecule has 4 heteroatoms. The van der Waals surface area contributed by atoms with Crippen molar-refractivity contribution >= 4 is 27.3 Å². The zero-order valence-electron chi connectivity index (χ0n) is 9.29. The first-order chi connectivity index (χ1) is 7.72. The molecular weight excluding hydrogens is 286 g/mol. The zero-order valence-corrected chi connectivity index (χ0v) is 11.7. The van der Waals surface area contributed by atoms with E-state index in [0.29, 0.717) is 0 Å². The summed E-state index contributed by atoms with van der Waals surface area (Å²) in [5, 5.41) is 5.53. The van der Waals surface area contributed by atoms with Crippen LogP contribution >= 0.6 is 27.3 Å². The van der Waals surface area contributed by atoms with Crippen LogP contribution in [0.25, 0.3) is 0 Å². The van der Waals surface area contributed by atoms with Crippen molar-refractivity contribution < 1.29 is 4.42 Å². The van der Waals surface area contributed by atoms with E-state index in [0.717, 1.165) is 22.5 Å². The molecule has 2 rings (SSSR count). The number of halogens is 1. The lowest BCUT2D eigenvalue weighted by Crippen LogP contribution is -2.20. The van der Waals surface area contributed by atoms with Crippen molar-refractivity contribution in [3.63, 3.8) is 0 Å². The van der Waals surface area contributed by atoms with Crippen LogP contribution in [0.1, 0.15) is 29.4 Å². The van der Waals surface area contributed by atoms with E-state index in [9.17, 15) is 0 Å². The highest BCUT2D eigenvalue weighted by Gasteiger charge is 2.19. The highest BCUT2D eigenvalue weighted by atomic mass is 79.9. The lowest BCUT2D eigenvalue weighted by Gasteiger charge is -2.14. The summed E-state index contributed by atoms with van der Waals surface area (Å²) in [6, 6.07) is 6.25. The lowest BCUT2D eigenvalue weighted by atomic mass is 10.2. The molecule has 0 fully saturated rings. The minimum atomic E-state index is 0.146. The SMILES string of the molecule is CCNC(c1ccc(C)o1)c1sccc1Br. The molecule has 1 unspecified atom stereocenters. The van der Waals surface area contributed by atoms with E-state index in [-0.39, 0.29) is 6.04 Å². The Labute approximate surface area is 108 Å². The Bertz CT molecular complexity index is 463. The summed E-state index contributed by atoms with van der Waals surface area (Å²) in [6.07, 6.45) is 0. The van der Waals surface area contributed by atoms with E-state index in [4.69, 9.17) is 4.42 Å². The van der Waals surface area contributed by atoms with Crippen molar-refractivity contribution in [3.8, 4) is 0 Å². The molecule has 0 aromatic carbocycles. The maximum Gasteiger partial charge on any atom is 0.126 e. The van der Waals surface area contributed by atoms with Crippen molar-refractivity contribution in [2.24, 2.45) is 0 Å². The number of rotatable bonds is 4. The van der Waals surface area contributed by atoms with Crippen LogP contribution in [0.4, 0.5) is 0 Å². The van der Waals surface area contributed by atoms with Gasteiger partial charge in [-0.2, -0.15) is 0 Å². The van der Waals surface area contributed by atoms with Gasteiger partial charge >= 0.3 is 0 Å². The van der Waals surface area contributed by atoms with Gasteiger partial charge in [0.05, 0.1) is 0 Å². The molecule has 0 aliphatic rings. The Morgan fingerprint density at radius 2 is 2.25 bits per heavy atom. The fourth-order valence-electron chi connectivity index (χ4n) is 1.65. The molecule has 1 atom stereocenters. The van der Waals surface area contributed by atoms with E-state index in [1.165, 1.54) is 4.88 Å². The van der Waals surface area contributed by atoms with Gasteiger partial charge in [-0.3, -0.25) is 0 Å². The molecule has 86 valence electrons. The Morgan fingerprint density at radius 1 is 1.44 bits per heavy atom. The molecular formula is C12H14BrNOS. The van der Waals surface area contributed by atoms with E-state index in [1.807, 2.05) is 19.1 Å². The summed E-state index contributed by atoms with van der Waals surface area (Å²) in [7, 11) is 0. The van der Waals surface area contributed by atoms with Crippen LogP contribution in [0.5, 0.6) is 0 Å². The van der Waals surface area contributed by atoms with Gasteiger partial charge in [-0.1, -0.05) is 6.92 Å². The minimum Gasteiger partial charge on any atom is -0.464 e. The summed E-state index contributed by atoms with van der Waals surface area (Å²) in [4.78, 5) is 1.26. The van der Waals surface area contributed by atoms with E-state index < -0.39 is 0 Å². The quantitative estimate of drug-likeness (QED) is 0.919. The Hall–Kier alpha value is -0.580. The summed E-state index contributed by atoms with van der Waals surface area (Å²) in [5.74, 6) is 1.92. The van der Waals surface area contributed by atoms with Crippen molar-refractivity contribution in [2.45, 2.75) is 19.9 Å². The van der Waals surface area contributed by atoms with Crippen LogP contribution in [-0.2, 0) is 0 Å². The normalized spacial score (nSPS) is 12.9. The average Bonchev–Trinajstić information content (AvgIpc) is 2.84. The minimum absolute atomic E-state index is 0.146. The Kier molecular flexibility index (Phi) is 3.84. The zero-order chi connectivity index (χ0) is 11.5. The van der Waals surface area contributed by atoms with Gasteiger partial charge in [0.25, 0.3) is 0 Å². The molecule has 2 nitrogen and oxygen atoms in total. The molecule has 0 spiro atoms. The lowest BCUT2D eigenvalue weighted by molar-refractivity contribution is 0.437. The fraction of sp³-hybridized carbons (Fsp3) is 0.333. The second-order valence-corrected chi connectivity index (χ2v) is 5.37. The number of hydrogen-bond acceptors (Lipinski definition) is 3. The molecule has 0 aliphatic heterocycles. The molecule has 0 aliphatic carbocycles. The third kappa shape index (κ3) is 2.39. The first kappa shape index (κ1) is 11.9. The van der Waals surface area contributed by atoms with Gasteiger partial charge in [-0.15, -0.1) is 11.3 Å². The molecule has 1 N–H and O–H groups in total. The molecule has 2 aromatic heterocycles. The molecule has 16 heavy (non-hydrogen) atoms. The standard InChI is InChI=1S/C12H14BrNOS/c1-3-14-11(10-5-4-8(2)15-10)12-9(13)6-7-16-12/h4-7,11,14H,3H2,1-2H3. The van der Waals surface area contributed by atoms with Gasteiger partial charge < -0.3 is 9.73 Å². The van der Waals surface area contributed by atoms with Crippen molar-refractivity contribution in [3.05, 3.63) is 44.4 Å². The summed E-state index contributed by atoms with van der Waals surface area (Å²) < 4.78 is 6.84. The van der Waals surface area contributed by atoms with Crippen LogP contribution < -0.4 is 5.32 Å².